The minimum Gasteiger partial charge on any atom is -0.352 e. The number of nitrogens with zero attached hydrogens (tertiary/aromatic N) is 2. The van der Waals surface area contributed by atoms with Crippen molar-refractivity contribution in [3.63, 3.8) is 0 Å². The summed E-state index contributed by atoms with van der Waals surface area (Å²) in [5.74, 6) is 4.59. The maximum atomic E-state index is 4.86. The molecule has 5 aliphatic carbocycles. The van der Waals surface area contributed by atoms with Crippen molar-refractivity contribution in [3.8, 4) is 0 Å². The van der Waals surface area contributed by atoms with Gasteiger partial charge in [-0.15, -0.1) is 0 Å². The van der Waals surface area contributed by atoms with E-state index in [0.717, 1.165) is 17.8 Å². The van der Waals surface area contributed by atoms with Gasteiger partial charge in [-0.1, -0.05) is 67.5 Å². The molecule has 0 spiro atoms. The number of fused-ring (bicyclic) bond motifs is 8. The lowest BCUT2D eigenvalue weighted by Gasteiger charge is -2.58. The first-order chi connectivity index (χ1) is 18.1. The summed E-state index contributed by atoms with van der Waals surface area (Å²) in [4.78, 5) is 7.39. The summed E-state index contributed by atoms with van der Waals surface area (Å²) in [5.41, 5.74) is 7.15. The normalized spacial score (nSPS) is 45.0. The summed E-state index contributed by atoms with van der Waals surface area (Å²) in [6.45, 7) is 5.32. The molecular formula is C35H42N2. The van der Waals surface area contributed by atoms with Crippen LogP contribution in [0.3, 0.4) is 0 Å². The van der Waals surface area contributed by atoms with Crippen LogP contribution in [0.1, 0.15) is 83.1 Å². The highest BCUT2D eigenvalue weighted by Gasteiger charge is 2.63. The number of benzene rings is 1. The van der Waals surface area contributed by atoms with Gasteiger partial charge in [-0.2, -0.15) is 0 Å². The quantitative estimate of drug-likeness (QED) is 0.378. The molecule has 0 aromatic heterocycles. The van der Waals surface area contributed by atoms with Crippen molar-refractivity contribution in [1.29, 1.82) is 0 Å². The van der Waals surface area contributed by atoms with Crippen LogP contribution < -0.4 is 0 Å². The number of aliphatic imine (C=N–C) groups is 1. The molecule has 2 heteroatoms. The van der Waals surface area contributed by atoms with Crippen molar-refractivity contribution >= 4 is 11.9 Å². The third-order valence-corrected chi connectivity index (χ3v) is 12.3. The van der Waals surface area contributed by atoms with Crippen LogP contribution >= 0.6 is 0 Å². The van der Waals surface area contributed by atoms with Crippen molar-refractivity contribution in [1.82, 2.24) is 4.90 Å². The Bertz CT molecular complexity index is 1250. The van der Waals surface area contributed by atoms with Crippen LogP contribution in [-0.4, -0.2) is 17.2 Å². The fourth-order valence-electron chi connectivity index (χ4n) is 10.3. The lowest BCUT2D eigenvalue weighted by Crippen LogP contribution is -2.51. The Labute approximate surface area is 223 Å². The first-order valence-corrected chi connectivity index (χ1v) is 15.2. The Hall–Kier alpha value is -2.35. The zero-order chi connectivity index (χ0) is 24.8. The molecule has 0 saturated heterocycles. The van der Waals surface area contributed by atoms with Gasteiger partial charge in [0, 0.05) is 24.1 Å². The van der Waals surface area contributed by atoms with E-state index < -0.39 is 0 Å². The van der Waals surface area contributed by atoms with Crippen LogP contribution in [0.2, 0.25) is 0 Å². The van der Waals surface area contributed by atoms with Gasteiger partial charge in [0.25, 0.3) is 0 Å². The predicted molar refractivity (Wildman–Crippen MR) is 153 cm³/mol. The molecule has 0 radical (unpaired) electrons. The van der Waals surface area contributed by atoms with Gasteiger partial charge in [0.2, 0.25) is 0 Å². The molecule has 37 heavy (non-hydrogen) atoms. The van der Waals surface area contributed by atoms with Crippen molar-refractivity contribution < 1.29 is 0 Å². The smallest absolute Gasteiger partial charge is 0.0661 e. The minimum atomic E-state index is 0.395. The third kappa shape index (κ3) is 3.20. The second-order valence-electron chi connectivity index (χ2n) is 13.8. The SMILES string of the molecule is C[C@]12CC[C@H](N3C=CCCC=C3)CC1=CCC1C2CC[C@]2(C)C(C3C4C=Nc5ccccc5C43)=CCC12. The number of para-hydroxylation sites is 1. The fraction of sp³-hybridized carbons (Fsp3) is 0.571. The monoisotopic (exact) mass is 490 g/mol. The van der Waals surface area contributed by atoms with E-state index in [0.29, 0.717) is 34.6 Å². The Morgan fingerprint density at radius 1 is 0.865 bits per heavy atom. The van der Waals surface area contributed by atoms with Gasteiger partial charge in [-0.3, -0.25) is 4.99 Å². The molecule has 8 rings (SSSR count). The molecule has 2 heterocycles. The molecule has 1 aromatic rings. The molecule has 3 fully saturated rings. The molecule has 0 bridgehead atoms. The van der Waals surface area contributed by atoms with E-state index in [1.807, 2.05) is 5.57 Å². The molecule has 3 saturated carbocycles. The van der Waals surface area contributed by atoms with Gasteiger partial charge in [0.1, 0.15) is 0 Å². The Kier molecular flexibility index (Phi) is 4.94. The van der Waals surface area contributed by atoms with Crippen LogP contribution in [-0.2, 0) is 0 Å². The second-order valence-corrected chi connectivity index (χ2v) is 13.8. The van der Waals surface area contributed by atoms with Crippen LogP contribution in [0.15, 0.2) is 77.1 Å². The highest BCUT2D eigenvalue weighted by Crippen LogP contribution is 2.71. The molecule has 0 N–H and O–H groups in total. The van der Waals surface area contributed by atoms with Crippen LogP contribution in [0.5, 0.6) is 0 Å². The zero-order valence-corrected chi connectivity index (χ0v) is 22.7. The summed E-state index contributed by atoms with van der Waals surface area (Å²) in [7, 11) is 0. The van der Waals surface area contributed by atoms with Crippen molar-refractivity contribution in [3.05, 3.63) is 77.7 Å². The number of hydrogen-bond donors (Lipinski definition) is 0. The zero-order valence-electron chi connectivity index (χ0n) is 22.7. The largest absolute Gasteiger partial charge is 0.352 e. The Balaban J connectivity index is 1.04. The van der Waals surface area contributed by atoms with Crippen molar-refractivity contribution in [2.45, 2.75) is 83.6 Å². The average Bonchev–Trinajstić information content (AvgIpc) is 3.62. The maximum absolute atomic E-state index is 4.86. The van der Waals surface area contributed by atoms with E-state index in [2.05, 4.69) is 85.9 Å². The van der Waals surface area contributed by atoms with Gasteiger partial charge in [0.05, 0.1) is 5.69 Å². The van der Waals surface area contributed by atoms with E-state index in [1.165, 1.54) is 69.0 Å². The molecule has 7 aliphatic rings. The Morgan fingerprint density at radius 2 is 1.68 bits per heavy atom. The third-order valence-electron chi connectivity index (χ3n) is 12.3. The fourth-order valence-corrected chi connectivity index (χ4v) is 10.3. The highest BCUT2D eigenvalue weighted by molar-refractivity contribution is 5.79. The molecule has 2 nitrogen and oxygen atoms in total. The molecule has 192 valence electrons. The number of hydrogen-bond acceptors (Lipinski definition) is 2. The topological polar surface area (TPSA) is 15.6 Å². The molecule has 1 aromatic carbocycles. The van der Waals surface area contributed by atoms with Gasteiger partial charge in [-0.05, 0) is 116 Å². The van der Waals surface area contributed by atoms with Crippen LogP contribution in [0.4, 0.5) is 5.69 Å². The van der Waals surface area contributed by atoms with Crippen LogP contribution in [0, 0.1) is 40.4 Å². The van der Waals surface area contributed by atoms with Gasteiger partial charge >= 0.3 is 0 Å². The van der Waals surface area contributed by atoms with Gasteiger partial charge in [-0.25, -0.2) is 0 Å². The maximum Gasteiger partial charge on any atom is 0.0661 e. The first kappa shape index (κ1) is 22.6. The van der Waals surface area contributed by atoms with Gasteiger partial charge in [0.15, 0.2) is 0 Å². The van der Waals surface area contributed by atoms with E-state index in [9.17, 15) is 0 Å². The molecule has 9 atom stereocenters. The average molecular weight is 491 g/mol. The van der Waals surface area contributed by atoms with Crippen LogP contribution in [0.25, 0.3) is 0 Å². The summed E-state index contributed by atoms with van der Waals surface area (Å²) >= 11 is 0. The number of allylic oxidation sites excluding steroid dienone is 5. The van der Waals surface area contributed by atoms with Crippen molar-refractivity contribution in [2.75, 3.05) is 0 Å². The summed E-state index contributed by atoms with van der Waals surface area (Å²) < 4.78 is 0. The predicted octanol–water partition coefficient (Wildman–Crippen LogP) is 8.72. The van der Waals surface area contributed by atoms with E-state index >= 15 is 0 Å². The number of rotatable bonds is 2. The summed E-state index contributed by atoms with van der Waals surface area (Å²) in [6.07, 6.45) is 29.0. The van der Waals surface area contributed by atoms with Gasteiger partial charge < -0.3 is 4.90 Å². The van der Waals surface area contributed by atoms with E-state index in [-0.39, 0.29) is 0 Å². The minimum absolute atomic E-state index is 0.395. The summed E-state index contributed by atoms with van der Waals surface area (Å²) in [6, 6.07) is 9.56. The second kappa shape index (κ2) is 8.08. The van der Waals surface area contributed by atoms with Crippen molar-refractivity contribution in [2.24, 2.45) is 45.4 Å². The van der Waals surface area contributed by atoms with E-state index in [1.54, 1.807) is 5.57 Å². The molecule has 0 amide bonds. The van der Waals surface area contributed by atoms with E-state index in [4.69, 9.17) is 4.99 Å². The molecule has 2 aliphatic heterocycles. The molecule has 6 unspecified atom stereocenters. The molecular weight excluding hydrogens is 448 g/mol. The first-order valence-electron chi connectivity index (χ1n) is 15.2. The summed E-state index contributed by atoms with van der Waals surface area (Å²) in [5, 5.41) is 0. The standard InChI is InChI=1S/C35H42N2/c1-34-17-15-24(37-19-7-3-4-8-20-37)21-23(34)11-12-25-28-13-14-30(35(28,2)18-16-29(25)34)33-27-22-36-31-10-6-5-9-26(31)32(27)33/h5-11,14,19-20,22,24-25,27-29,32-33H,3-4,12-13,15-18,21H2,1-2H3/t24-,25?,27?,28?,29?,32?,33?,34-,35-/m0/s1. The lowest BCUT2D eigenvalue weighted by molar-refractivity contribution is -0.0229. The lowest BCUT2D eigenvalue weighted by atomic mass is 9.47. The Morgan fingerprint density at radius 3 is 2.54 bits per heavy atom. The highest BCUT2D eigenvalue weighted by atomic mass is 15.1.